The molecule has 0 aromatic heterocycles. The van der Waals surface area contributed by atoms with Crippen molar-refractivity contribution in [2.24, 2.45) is 5.73 Å². The zero-order valence-electron chi connectivity index (χ0n) is 10.6. The lowest BCUT2D eigenvalue weighted by Crippen LogP contribution is -2.23. The van der Waals surface area contributed by atoms with Gasteiger partial charge in [-0.25, -0.2) is 9.59 Å². The van der Waals surface area contributed by atoms with E-state index in [0.29, 0.717) is 5.56 Å². The highest BCUT2D eigenvalue weighted by Gasteiger charge is 2.18. The highest BCUT2D eigenvalue weighted by Crippen LogP contribution is 2.17. The number of phenols is 1. The quantitative estimate of drug-likeness (QED) is 0.479. The van der Waals surface area contributed by atoms with Crippen molar-refractivity contribution in [3.63, 3.8) is 0 Å². The maximum absolute atomic E-state index is 11.7. The van der Waals surface area contributed by atoms with Gasteiger partial charge in [0.05, 0.1) is 13.2 Å². The van der Waals surface area contributed by atoms with Crippen LogP contribution in [0.3, 0.4) is 0 Å². The lowest BCUT2D eigenvalue weighted by atomic mass is 10.1. The summed E-state index contributed by atoms with van der Waals surface area (Å²) in [5, 5.41) is 9.13. The number of carbonyl (C=O) groups excluding carboxylic acids is 2. The second-order valence-corrected chi connectivity index (χ2v) is 3.77. The highest BCUT2D eigenvalue weighted by molar-refractivity contribution is 5.84. The molecule has 1 aromatic carbocycles. The molecule has 0 fully saturated rings. The van der Waals surface area contributed by atoms with Crippen LogP contribution in [0.25, 0.3) is 0 Å². The molecule has 6 nitrogen and oxygen atoms in total. The van der Waals surface area contributed by atoms with Gasteiger partial charge in [-0.1, -0.05) is 12.1 Å². The van der Waals surface area contributed by atoms with Gasteiger partial charge in [-0.2, -0.15) is 0 Å². The van der Waals surface area contributed by atoms with E-state index >= 15 is 0 Å². The molecule has 0 saturated heterocycles. The molecule has 0 aliphatic rings. The molecule has 1 unspecified atom stereocenters. The number of allylic oxidation sites excluding steroid dienone is 1. The maximum atomic E-state index is 11.7. The minimum absolute atomic E-state index is 0.0751. The number of phenolic OH excluding ortho intramolecular Hbond substituents is 1. The lowest BCUT2D eigenvalue weighted by molar-refractivity contribution is -0.141. The van der Waals surface area contributed by atoms with E-state index in [4.69, 9.17) is 15.6 Å². The molecule has 6 heteroatoms. The molecule has 1 atom stereocenters. The molecular formula is C13H15NO5. The van der Waals surface area contributed by atoms with E-state index in [-0.39, 0.29) is 11.5 Å². The van der Waals surface area contributed by atoms with Crippen LogP contribution in [-0.2, 0) is 19.1 Å². The fourth-order valence-corrected chi connectivity index (χ4v) is 1.29. The Morgan fingerprint density at radius 2 is 1.89 bits per heavy atom. The van der Waals surface area contributed by atoms with Gasteiger partial charge in [0.1, 0.15) is 17.6 Å². The number of esters is 2. The van der Waals surface area contributed by atoms with E-state index in [1.807, 2.05) is 0 Å². The maximum Gasteiger partial charge on any atom is 0.333 e. The Bertz CT molecular complexity index is 492. The standard InChI is InChI=1S/C13H15NO5/c1-8(7-11(16)18-2)19-13(17)12(14)9-3-5-10(15)6-4-9/h3-7,12,15H,14H2,1-2H3. The highest BCUT2D eigenvalue weighted by atomic mass is 16.5. The average molecular weight is 265 g/mol. The van der Waals surface area contributed by atoms with E-state index in [2.05, 4.69) is 4.74 Å². The molecule has 0 spiro atoms. The molecule has 0 aliphatic heterocycles. The van der Waals surface area contributed by atoms with Crippen LogP contribution in [-0.4, -0.2) is 24.2 Å². The SMILES string of the molecule is COC(=O)C=C(C)OC(=O)C(N)c1ccc(O)cc1. The van der Waals surface area contributed by atoms with Crippen molar-refractivity contribution in [1.29, 1.82) is 0 Å². The summed E-state index contributed by atoms with van der Waals surface area (Å²) in [6.45, 7) is 1.44. The summed E-state index contributed by atoms with van der Waals surface area (Å²) in [5.41, 5.74) is 6.19. The van der Waals surface area contributed by atoms with Crippen LogP contribution < -0.4 is 5.73 Å². The third-order valence-corrected chi connectivity index (χ3v) is 2.29. The summed E-state index contributed by atoms with van der Waals surface area (Å²) in [6.07, 6.45) is 1.04. The van der Waals surface area contributed by atoms with Crippen LogP contribution in [0.1, 0.15) is 18.5 Å². The monoisotopic (exact) mass is 265 g/mol. The molecule has 102 valence electrons. The van der Waals surface area contributed by atoms with Crippen molar-refractivity contribution >= 4 is 11.9 Å². The summed E-state index contributed by atoms with van der Waals surface area (Å²) in [7, 11) is 1.22. The van der Waals surface area contributed by atoms with Gasteiger partial charge >= 0.3 is 11.9 Å². The fraction of sp³-hybridized carbons (Fsp3) is 0.231. The van der Waals surface area contributed by atoms with Gasteiger partial charge < -0.3 is 20.3 Å². The Balaban J connectivity index is 2.70. The third-order valence-electron chi connectivity index (χ3n) is 2.29. The van der Waals surface area contributed by atoms with Crippen molar-refractivity contribution in [3.8, 4) is 5.75 Å². The number of methoxy groups -OCH3 is 1. The fourth-order valence-electron chi connectivity index (χ4n) is 1.29. The molecule has 0 amide bonds. The summed E-state index contributed by atoms with van der Waals surface area (Å²) in [4.78, 5) is 22.6. The summed E-state index contributed by atoms with van der Waals surface area (Å²) in [6, 6.07) is 4.86. The number of aromatic hydroxyl groups is 1. The van der Waals surface area contributed by atoms with Crippen molar-refractivity contribution < 1.29 is 24.2 Å². The van der Waals surface area contributed by atoms with Crippen LogP contribution in [0.2, 0.25) is 0 Å². The smallest absolute Gasteiger partial charge is 0.333 e. The minimum atomic E-state index is -0.999. The number of benzene rings is 1. The third kappa shape index (κ3) is 4.44. The Kier molecular flexibility index (Phi) is 5.08. The number of carbonyl (C=O) groups is 2. The van der Waals surface area contributed by atoms with Crippen LogP contribution >= 0.6 is 0 Å². The first-order valence-corrected chi connectivity index (χ1v) is 5.46. The molecule has 0 saturated carbocycles. The van der Waals surface area contributed by atoms with Crippen molar-refractivity contribution in [2.45, 2.75) is 13.0 Å². The first-order valence-electron chi connectivity index (χ1n) is 5.46. The van der Waals surface area contributed by atoms with Crippen LogP contribution in [0.4, 0.5) is 0 Å². The molecule has 0 bridgehead atoms. The number of rotatable bonds is 4. The van der Waals surface area contributed by atoms with Crippen LogP contribution in [0.15, 0.2) is 36.1 Å². The number of nitrogens with two attached hydrogens (primary N) is 1. The van der Waals surface area contributed by atoms with E-state index < -0.39 is 18.0 Å². The van der Waals surface area contributed by atoms with Gasteiger partial charge in [-0.05, 0) is 24.6 Å². The Labute approximate surface area is 110 Å². The van der Waals surface area contributed by atoms with Gasteiger partial charge in [0.2, 0.25) is 0 Å². The minimum Gasteiger partial charge on any atom is -0.508 e. The van der Waals surface area contributed by atoms with E-state index in [9.17, 15) is 9.59 Å². The van der Waals surface area contributed by atoms with E-state index in [1.165, 1.54) is 38.3 Å². The van der Waals surface area contributed by atoms with Gasteiger partial charge in [0.15, 0.2) is 0 Å². The number of hydrogen-bond acceptors (Lipinski definition) is 6. The van der Waals surface area contributed by atoms with Gasteiger partial charge in [-0.3, -0.25) is 0 Å². The van der Waals surface area contributed by atoms with Crippen molar-refractivity contribution in [3.05, 3.63) is 41.7 Å². The zero-order valence-corrected chi connectivity index (χ0v) is 10.6. The molecule has 0 radical (unpaired) electrons. The second kappa shape index (κ2) is 6.55. The molecule has 0 aliphatic carbocycles. The molecule has 3 N–H and O–H groups in total. The molecular weight excluding hydrogens is 250 g/mol. The number of hydrogen-bond donors (Lipinski definition) is 2. The van der Waals surface area contributed by atoms with Crippen LogP contribution in [0, 0.1) is 0 Å². The summed E-state index contributed by atoms with van der Waals surface area (Å²) >= 11 is 0. The van der Waals surface area contributed by atoms with E-state index in [1.54, 1.807) is 0 Å². The average Bonchev–Trinajstić information content (AvgIpc) is 2.38. The van der Waals surface area contributed by atoms with Gasteiger partial charge in [0, 0.05) is 0 Å². The largest absolute Gasteiger partial charge is 0.508 e. The molecule has 0 heterocycles. The zero-order chi connectivity index (χ0) is 14.4. The molecule has 1 rings (SSSR count). The lowest BCUT2D eigenvalue weighted by Gasteiger charge is -2.11. The van der Waals surface area contributed by atoms with Crippen molar-refractivity contribution in [1.82, 2.24) is 0 Å². The second-order valence-electron chi connectivity index (χ2n) is 3.77. The first kappa shape index (κ1) is 14.7. The van der Waals surface area contributed by atoms with Crippen LogP contribution in [0.5, 0.6) is 5.75 Å². The van der Waals surface area contributed by atoms with Gasteiger partial charge in [0.25, 0.3) is 0 Å². The molecule has 19 heavy (non-hydrogen) atoms. The molecule has 1 aromatic rings. The Morgan fingerprint density at radius 1 is 1.32 bits per heavy atom. The first-order chi connectivity index (χ1) is 8.93. The topological polar surface area (TPSA) is 98.9 Å². The Hall–Kier alpha value is -2.34. The Morgan fingerprint density at radius 3 is 2.42 bits per heavy atom. The van der Waals surface area contributed by atoms with Crippen molar-refractivity contribution in [2.75, 3.05) is 7.11 Å². The van der Waals surface area contributed by atoms with E-state index in [0.717, 1.165) is 6.08 Å². The predicted octanol–water partition coefficient (Wildman–Crippen LogP) is 1.01. The normalized spacial score (nSPS) is 12.7. The number of ether oxygens (including phenoxy) is 2. The summed E-state index contributed by atoms with van der Waals surface area (Å²) < 4.78 is 9.30. The summed E-state index contributed by atoms with van der Waals surface area (Å²) in [5.74, 6) is -1.16. The van der Waals surface area contributed by atoms with Gasteiger partial charge in [-0.15, -0.1) is 0 Å². The predicted molar refractivity (Wildman–Crippen MR) is 66.9 cm³/mol.